The van der Waals surface area contributed by atoms with Crippen LogP contribution >= 0.6 is 24.0 Å². The Balaban J connectivity index is 0.00000341. The van der Waals surface area contributed by atoms with E-state index in [2.05, 4.69) is 27.8 Å². The molecule has 1 unspecified atom stereocenters. The molecule has 1 atom stereocenters. The van der Waals surface area contributed by atoms with E-state index in [4.69, 9.17) is 9.47 Å². The SMILES string of the molecule is CN=C(NCc1ccc([N+](=O)[O-])cc1)NCc1ccc(C)cc1OCC1CCCO1.I. The fourth-order valence-electron chi connectivity index (χ4n) is 3.22. The highest BCUT2D eigenvalue weighted by molar-refractivity contribution is 14.0. The van der Waals surface area contributed by atoms with Crippen LogP contribution in [-0.4, -0.2) is 37.2 Å². The van der Waals surface area contributed by atoms with Gasteiger partial charge in [-0.15, -0.1) is 24.0 Å². The maximum Gasteiger partial charge on any atom is 0.269 e. The predicted molar refractivity (Wildman–Crippen MR) is 131 cm³/mol. The summed E-state index contributed by atoms with van der Waals surface area (Å²) in [7, 11) is 1.70. The minimum absolute atomic E-state index is 0. The standard InChI is InChI=1S/C22H28N4O4.HI/c1-16-5-8-18(21(12-16)30-15-20-4-3-11-29-20)14-25-22(23-2)24-13-17-6-9-19(10-7-17)26(27)28;/h5-10,12,20H,3-4,11,13-15H2,1-2H3,(H2,23,24,25);1H. The van der Waals surface area contributed by atoms with Crippen LogP contribution in [0.25, 0.3) is 0 Å². The van der Waals surface area contributed by atoms with Crippen LogP contribution in [0.4, 0.5) is 5.69 Å². The lowest BCUT2D eigenvalue weighted by Gasteiger charge is -2.17. The van der Waals surface area contributed by atoms with E-state index >= 15 is 0 Å². The Morgan fingerprint density at radius 3 is 2.61 bits per heavy atom. The number of non-ortho nitro benzene ring substituents is 1. The van der Waals surface area contributed by atoms with Crippen LogP contribution in [0.15, 0.2) is 47.5 Å². The molecule has 1 saturated heterocycles. The Labute approximate surface area is 199 Å². The maximum atomic E-state index is 10.8. The third-order valence-corrected chi connectivity index (χ3v) is 4.95. The summed E-state index contributed by atoms with van der Waals surface area (Å²) in [6.45, 7) is 4.48. The minimum Gasteiger partial charge on any atom is -0.491 e. The number of aliphatic imine (C=N–C) groups is 1. The molecule has 168 valence electrons. The quantitative estimate of drug-likeness (QED) is 0.173. The number of aryl methyl sites for hydroxylation is 1. The topological polar surface area (TPSA) is 98.0 Å². The van der Waals surface area contributed by atoms with Gasteiger partial charge in [0.25, 0.3) is 5.69 Å². The third kappa shape index (κ3) is 7.66. The number of hydrogen-bond acceptors (Lipinski definition) is 5. The average molecular weight is 540 g/mol. The molecule has 3 rings (SSSR count). The van der Waals surface area contributed by atoms with Crippen molar-refractivity contribution in [1.29, 1.82) is 0 Å². The van der Waals surface area contributed by atoms with Gasteiger partial charge in [0.15, 0.2) is 5.96 Å². The molecule has 1 aliphatic heterocycles. The summed E-state index contributed by atoms with van der Waals surface area (Å²) >= 11 is 0. The number of hydrogen-bond donors (Lipinski definition) is 2. The predicted octanol–water partition coefficient (Wildman–Crippen LogP) is 3.94. The number of nitro benzene ring substituents is 1. The van der Waals surface area contributed by atoms with Crippen molar-refractivity contribution < 1.29 is 14.4 Å². The van der Waals surface area contributed by atoms with Crippen molar-refractivity contribution in [3.8, 4) is 5.75 Å². The molecule has 1 fully saturated rings. The average Bonchev–Trinajstić information content (AvgIpc) is 3.27. The molecule has 8 nitrogen and oxygen atoms in total. The smallest absolute Gasteiger partial charge is 0.269 e. The lowest BCUT2D eigenvalue weighted by Crippen LogP contribution is -2.36. The first kappa shape index (κ1) is 24.9. The highest BCUT2D eigenvalue weighted by atomic mass is 127. The Morgan fingerprint density at radius 1 is 1.23 bits per heavy atom. The van der Waals surface area contributed by atoms with Crippen LogP contribution in [0, 0.1) is 17.0 Å². The van der Waals surface area contributed by atoms with Gasteiger partial charge in [0.2, 0.25) is 0 Å². The van der Waals surface area contributed by atoms with Gasteiger partial charge in [-0.05, 0) is 37.0 Å². The van der Waals surface area contributed by atoms with Crippen LogP contribution < -0.4 is 15.4 Å². The van der Waals surface area contributed by atoms with E-state index in [0.717, 1.165) is 41.9 Å². The minimum atomic E-state index is -0.405. The van der Waals surface area contributed by atoms with Gasteiger partial charge >= 0.3 is 0 Å². The number of benzene rings is 2. The second-order valence-electron chi connectivity index (χ2n) is 7.26. The maximum absolute atomic E-state index is 10.8. The van der Waals surface area contributed by atoms with Crippen molar-refractivity contribution in [1.82, 2.24) is 10.6 Å². The molecular formula is C22H29IN4O4. The monoisotopic (exact) mass is 540 g/mol. The Hall–Kier alpha value is -2.40. The molecule has 0 spiro atoms. The summed E-state index contributed by atoms with van der Waals surface area (Å²) in [5, 5.41) is 17.3. The van der Waals surface area contributed by atoms with Crippen molar-refractivity contribution in [2.45, 2.75) is 39.0 Å². The van der Waals surface area contributed by atoms with Gasteiger partial charge in [-0.25, -0.2) is 0 Å². The van der Waals surface area contributed by atoms with Crippen LogP contribution in [0.2, 0.25) is 0 Å². The van der Waals surface area contributed by atoms with Crippen LogP contribution in [0.3, 0.4) is 0 Å². The Bertz CT molecular complexity index is 884. The van der Waals surface area contributed by atoms with Gasteiger partial charge in [0.05, 0.1) is 11.0 Å². The van der Waals surface area contributed by atoms with Crippen LogP contribution in [0.5, 0.6) is 5.75 Å². The molecular weight excluding hydrogens is 511 g/mol. The molecule has 31 heavy (non-hydrogen) atoms. The second kappa shape index (κ2) is 12.5. The van der Waals surface area contributed by atoms with Crippen molar-refractivity contribution >= 4 is 35.6 Å². The number of halogens is 1. The normalized spacial score (nSPS) is 15.8. The van der Waals surface area contributed by atoms with E-state index in [0.29, 0.717) is 25.7 Å². The number of ether oxygens (including phenoxy) is 2. The zero-order valence-electron chi connectivity index (χ0n) is 17.8. The molecule has 0 aromatic heterocycles. The Kier molecular flexibility index (Phi) is 9.99. The zero-order valence-corrected chi connectivity index (χ0v) is 20.1. The van der Waals surface area contributed by atoms with Gasteiger partial charge in [-0.3, -0.25) is 15.1 Å². The highest BCUT2D eigenvalue weighted by Gasteiger charge is 2.17. The van der Waals surface area contributed by atoms with Gasteiger partial charge < -0.3 is 20.1 Å². The number of nitro groups is 1. The molecule has 1 aliphatic rings. The Morgan fingerprint density at radius 2 is 1.97 bits per heavy atom. The van der Waals surface area contributed by atoms with Crippen LogP contribution in [0.1, 0.15) is 29.5 Å². The fraction of sp³-hybridized carbons (Fsp3) is 0.409. The van der Waals surface area contributed by atoms with Crippen molar-refractivity contribution in [3.63, 3.8) is 0 Å². The van der Waals surface area contributed by atoms with E-state index in [1.807, 2.05) is 13.0 Å². The van der Waals surface area contributed by atoms with Crippen LogP contribution in [-0.2, 0) is 17.8 Å². The lowest BCUT2D eigenvalue weighted by molar-refractivity contribution is -0.384. The van der Waals surface area contributed by atoms with E-state index < -0.39 is 4.92 Å². The molecule has 9 heteroatoms. The lowest BCUT2D eigenvalue weighted by atomic mass is 10.1. The summed E-state index contributed by atoms with van der Waals surface area (Å²) in [6.07, 6.45) is 2.30. The summed E-state index contributed by atoms with van der Waals surface area (Å²) in [4.78, 5) is 14.6. The molecule has 2 N–H and O–H groups in total. The molecule has 0 bridgehead atoms. The van der Waals surface area contributed by atoms with E-state index in [1.54, 1.807) is 19.2 Å². The van der Waals surface area contributed by atoms with E-state index in [-0.39, 0.29) is 35.8 Å². The van der Waals surface area contributed by atoms with Gasteiger partial charge in [0.1, 0.15) is 12.4 Å². The third-order valence-electron chi connectivity index (χ3n) is 4.95. The van der Waals surface area contributed by atoms with Crippen molar-refractivity contribution in [2.24, 2.45) is 4.99 Å². The number of nitrogens with one attached hydrogen (secondary N) is 2. The first-order valence-electron chi connectivity index (χ1n) is 10.1. The van der Waals surface area contributed by atoms with E-state index in [9.17, 15) is 10.1 Å². The number of rotatable bonds is 8. The summed E-state index contributed by atoms with van der Waals surface area (Å²) in [5.41, 5.74) is 3.19. The summed E-state index contributed by atoms with van der Waals surface area (Å²) < 4.78 is 11.7. The molecule has 2 aromatic carbocycles. The van der Waals surface area contributed by atoms with Gasteiger partial charge in [-0.2, -0.15) is 0 Å². The fourth-order valence-corrected chi connectivity index (χ4v) is 3.22. The van der Waals surface area contributed by atoms with Gasteiger partial charge in [-0.1, -0.05) is 24.3 Å². The molecule has 0 amide bonds. The summed E-state index contributed by atoms with van der Waals surface area (Å²) in [6, 6.07) is 12.6. The van der Waals surface area contributed by atoms with E-state index in [1.165, 1.54) is 12.1 Å². The van der Waals surface area contributed by atoms with Crippen molar-refractivity contribution in [2.75, 3.05) is 20.3 Å². The first-order valence-corrected chi connectivity index (χ1v) is 10.1. The largest absolute Gasteiger partial charge is 0.491 e. The molecule has 0 saturated carbocycles. The number of guanidine groups is 1. The zero-order chi connectivity index (χ0) is 21.3. The second-order valence-corrected chi connectivity index (χ2v) is 7.26. The number of nitrogens with zero attached hydrogens (tertiary/aromatic N) is 2. The molecule has 0 radical (unpaired) electrons. The molecule has 2 aromatic rings. The highest BCUT2D eigenvalue weighted by Crippen LogP contribution is 2.22. The summed E-state index contributed by atoms with van der Waals surface area (Å²) in [5.74, 6) is 1.49. The molecule has 0 aliphatic carbocycles. The first-order chi connectivity index (χ1) is 14.5. The van der Waals surface area contributed by atoms with Gasteiger partial charge in [0, 0.05) is 44.4 Å². The van der Waals surface area contributed by atoms with Crippen molar-refractivity contribution in [3.05, 3.63) is 69.3 Å². The molecule has 1 heterocycles.